The molecule has 0 aliphatic carbocycles. The monoisotopic (exact) mass is 385 g/mol. The van der Waals surface area contributed by atoms with Crippen molar-refractivity contribution in [2.24, 2.45) is 5.41 Å². The van der Waals surface area contributed by atoms with Crippen LogP contribution in [0.15, 0.2) is 35.1 Å². The molecule has 7 heteroatoms. The van der Waals surface area contributed by atoms with Crippen molar-refractivity contribution in [2.75, 3.05) is 19.6 Å². The van der Waals surface area contributed by atoms with Crippen molar-refractivity contribution < 1.29 is 18.4 Å². The summed E-state index contributed by atoms with van der Waals surface area (Å²) in [4.78, 5) is 33.7. The quantitative estimate of drug-likeness (QED) is 0.811. The van der Waals surface area contributed by atoms with E-state index >= 15 is 0 Å². The predicted molar refractivity (Wildman–Crippen MR) is 99.9 cm³/mol. The molecule has 28 heavy (non-hydrogen) atoms. The number of nitrogens with zero attached hydrogens (tertiary/aromatic N) is 3. The fourth-order valence-corrected chi connectivity index (χ4v) is 4.41. The summed E-state index contributed by atoms with van der Waals surface area (Å²) in [5.74, 6) is 0.119. The molecule has 4 rings (SSSR count). The number of benzene rings is 1. The van der Waals surface area contributed by atoms with Crippen LogP contribution in [0.5, 0.6) is 0 Å². The van der Waals surface area contributed by atoms with Gasteiger partial charge in [-0.25, -0.2) is 9.37 Å². The van der Waals surface area contributed by atoms with Gasteiger partial charge in [-0.05, 0) is 25.3 Å². The fourth-order valence-electron chi connectivity index (χ4n) is 4.41. The molecule has 2 amide bonds. The van der Waals surface area contributed by atoms with Gasteiger partial charge < -0.3 is 14.2 Å². The van der Waals surface area contributed by atoms with Crippen LogP contribution in [-0.4, -0.2) is 46.2 Å². The normalized spacial score (nSPS) is 22.3. The van der Waals surface area contributed by atoms with E-state index in [4.69, 9.17) is 4.42 Å². The molecule has 1 unspecified atom stereocenters. The molecule has 0 saturated carbocycles. The molecule has 0 radical (unpaired) electrons. The molecule has 6 nitrogen and oxygen atoms in total. The SMILES string of the molecule is CCc1ocnc1C(=O)N1CCC2(CCCN(Cc3ccccc3F)C2=O)C1. The Morgan fingerprint density at radius 3 is 2.89 bits per heavy atom. The van der Waals surface area contributed by atoms with Gasteiger partial charge in [-0.1, -0.05) is 25.1 Å². The minimum absolute atomic E-state index is 0.0215. The number of halogens is 1. The van der Waals surface area contributed by atoms with Crippen molar-refractivity contribution in [3.8, 4) is 0 Å². The first kappa shape index (κ1) is 18.7. The lowest BCUT2D eigenvalue weighted by Gasteiger charge is -2.39. The Morgan fingerprint density at radius 1 is 1.29 bits per heavy atom. The number of aromatic nitrogens is 1. The molecule has 1 aromatic carbocycles. The van der Waals surface area contributed by atoms with Crippen molar-refractivity contribution in [3.05, 3.63) is 53.5 Å². The van der Waals surface area contributed by atoms with Crippen LogP contribution in [0.25, 0.3) is 0 Å². The van der Waals surface area contributed by atoms with E-state index in [9.17, 15) is 14.0 Å². The second-order valence-electron chi connectivity index (χ2n) is 7.66. The van der Waals surface area contributed by atoms with Crippen LogP contribution < -0.4 is 0 Å². The third kappa shape index (κ3) is 3.19. The van der Waals surface area contributed by atoms with Crippen LogP contribution in [-0.2, 0) is 17.8 Å². The van der Waals surface area contributed by atoms with Gasteiger partial charge in [-0.2, -0.15) is 0 Å². The van der Waals surface area contributed by atoms with Crippen molar-refractivity contribution in [2.45, 2.75) is 39.2 Å². The lowest BCUT2D eigenvalue weighted by molar-refractivity contribution is -0.146. The van der Waals surface area contributed by atoms with Crippen molar-refractivity contribution in [3.63, 3.8) is 0 Å². The highest BCUT2D eigenvalue weighted by atomic mass is 19.1. The standard InChI is InChI=1S/C21H24FN3O3/c1-2-17-18(23-14-28-17)19(26)25-11-9-21(13-25)8-5-10-24(20(21)27)12-15-6-3-4-7-16(15)22/h3-4,6-7,14H,2,5,8-13H2,1H3. The number of rotatable bonds is 4. The van der Waals surface area contributed by atoms with E-state index in [1.54, 1.807) is 28.0 Å². The summed E-state index contributed by atoms with van der Waals surface area (Å²) in [6.07, 6.45) is 4.12. The Hall–Kier alpha value is -2.70. The van der Waals surface area contributed by atoms with Gasteiger partial charge in [-0.3, -0.25) is 9.59 Å². The van der Waals surface area contributed by atoms with Crippen LogP contribution in [0.3, 0.4) is 0 Å². The maximum absolute atomic E-state index is 14.0. The summed E-state index contributed by atoms with van der Waals surface area (Å²) in [7, 11) is 0. The van der Waals surface area contributed by atoms with Gasteiger partial charge >= 0.3 is 0 Å². The molecule has 1 atom stereocenters. The number of hydrogen-bond donors (Lipinski definition) is 0. The highest BCUT2D eigenvalue weighted by Gasteiger charge is 2.49. The number of piperidine rings is 1. The van der Waals surface area contributed by atoms with Crippen LogP contribution in [0.4, 0.5) is 4.39 Å². The highest BCUT2D eigenvalue weighted by molar-refractivity contribution is 5.94. The third-order valence-electron chi connectivity index (χ3n) is 5.95. The van der Waals surface area contributed by atoms with Gasteiger partial charge in [0.15, 0.2) is 12.1 Å². The van der Waals surface area contributed by atoms with E-state index in [0.29, 0.717) is 49.5 Å². The Labute approximate surface area is 163 Å². The molecule has 2 saturated heterocycles. The lowest BCUT2D eigenvalue weighted by atomic mass is 9.78. The van der Waals surface area contributed by atoms with Gasteiger partial charge in [0.25, 0.3) is 5.91 Å². The van der Waals surface area contributed by atoms with Gasteiger partial charge in [-0.15, -0.1) is 0 Å². The number of oxazole rings is 1. The number of amides is 2. The fraction of sp³-hybridized carbons (Fsp3) is 0.476. The van der Waals surface area contributed by atoms with Crippen LogP contribution in [0.1, 0.15) is 48.0 Å². The van der Waals surface area contributed by atoms with Gasteiger partial charge in [0.2, 0.25) is 5.91 Å². The summed E-state index contributed by atoms with van der Waals surface area (Å²) in [5.41, 5.74) is 0.287. The van der Waals surface area contributed by atoms with Crippen molar-refractivity contribution in [1.29, 1.82) is 0 Å². The zero-order valence-electron chi connectivity index (χ0n) is 16.0. The van der Waals surface area contributed by atoms with Crippen molar-refractivity contribution >= 4 is 11.8 Å². The summed E-state index contributed by atoms with van der Waals surface area (Å²) in [6, 6.07) is 6.55. The largest absolute Gasteiger partial charge is 0.448 e. The first-order valence-electron chi connectivity index (χ1n) is 9.78. The van der Waals surface area contributed by atoms with E-state index in [-0.39, 0.29) is 24.2 Å². The first-order chi connectivity index (χ1) is 13.5. The summed E-state index contributed by atoms with van der Waals surface area (Å²) >= 11 is 0. The Morgan fingerprint density at radius 2 is 2.11 bits per heavy atom. The van der Waals surface area contributed by atoms with E-state index in [1.165, 1.54) is 12.5 Å². The average Bonchev–Trinajstić information content (AvgIpc) is 3.34. The topological polar surface area (TPSA) is 66.7 Å². The number of likely N-dealkylation sites (tertiary alicyclic amines) is 2. The third-order valence-corrected chi connectivity index (χ3v) is 5.95. The van der Waals surface area contributed by atoms with Crippen LogP contribution >= 0.6 is 0 Å². The molecule has 2 aliphatic rings. The molecule has 0 bridgehead atoms. The van der Waals surface area contributed by atoms with Crippen molar-refractivity contribution in [1.82, 2.24) is 14.8 Å². The molecule has 148 valence electrons. The number of hydrogen-bond acceptors (Lipinski definition) is 4. The number of carbonyl (C=O) groups excluding carboxylic acids is 2. The maximum atomic E-state index is 14.0. The summed E-state index contributed by atoms with van der Waals surface area (Å²) < 4.78 is 19.3. The second kappa shape index (κ2) is 7.37. The second-order valence-corrected chi connectivity index (χ2v) is 7.66. The van der Waals surface area contributed by atoms with Gasteiger partial charge in [0.1, 0.15) is 11.6 Å². The average molecular weight is 385 g/mol. The molecule has 1 spiro atoms. The first-order valence-corrected chi connectivity index (χ1v) is 9.78. The van der Waals surface area contributed by atoms with Crippen LogP contribution in [0, 0.1) is 11.2 Å². The minimum atomic E-state index is -0.574. The van der Waals surface area contributed by atoms with Gasteiger partial charge in [0.05, 0.1) is 5.41 Å². The van der Waals surface area contributed by atoms with E-state index < -0.39 is 5.41 Å². The van der Waals surface area contributed by atoms with Crippen LogP contribution in [0.2, 0.25) is 0 Å². The molecule has 0 N–H and O–H groups in total. The highest BCUT2D eigenvalue weighted by Crippen LogP contribution is 2.41. The maximum Gasteiger partial charge on any atom is 0.276 e. The summed E-state index contributed by atoms with van der Waals surface area (Å²) in [5, 5.41) is 0. The molecular formula is C21H24FN3O3. The predicted octanol–water partition coefficient (Wildman–Crippen LogP) is 3.03. The summed E-state index contributed by atoms with van der Waals surface area (Å²) in [6.45, 7) is 3.70. The zero-order chi connectivity index (χ0) is 19.7. The number of aryl methyl sites for hydroxylation is 1. The molecular weight excluding hydrogens is 361 g/mol. The molecule has 2 aliphatic heterocycles. The molecule has 2 aromatic rings. The minimum Gasteiger partial charge on any atom is -0.448 e. The molecule has 3 heterocycles. The zero-order valence-corrected chi connectivity index (χ0v) is 16.0. The Balaban J connectivity index is 1.50. The van der Waals surface area contributed by atoms with Gasteiger partial charge in [0, 0.05) is 38.2 Å². The number of carbonyl (C=O) groups is 2. The van der Waals surface area contributed by atoms with E-state index in [0.717, 1.165) is 12.8 Å². The molecule has 2 fully saturated rings. The smallest absolute Gasteiger partial charge is 0.276 e. The Bertz CT molecular complexity index is 897. The van der Waals surface area contributed by atoms with E-state index in [2.05, 4.69) is 4.98 Å². The Kier molecular flexibility index (Phi) is 4.91. The van der Waals surface area contributed by atoms with E-state index in [1.807, 2.05) is 6.92 Å². The lowest BCUT2D eigenvalue weighted by Crippen LogP contribution is -2.50. The molecule has 1 aromatic heterocycles.